The van der Waals surface area contributed by atoms with E-state index in [2.05, 4.69) is 10.2 Å². The van der Waals surface area contributed by atoms with Crippen LogP contribution in [-0.4, -0.2) is 21.0 Å². The zero-order valence-electron chi connectivity index (χ0n) is 12.3. The molecule has 1 aromatic heterocycles. The molecule has 1 heterocycles. The van der Waals surface area contributed by atoms with Gasteiger partial charge in [0.15, 0.2) is 5.82 Å². The maximum absolute atomic E-state index is 13.7. The number of carbonyl (C=O) groups is 1. The summed E-state index contributed by atoms with van der Waals surface area (Å²) in [5.41, 5.74) is 6.29. The lowest BCUT2D eigenvalue weighted by molar-refractivity contribution is 0.0463. The fourth-order valence-corrected chi connectivity index (χ4v) is 2.23. The smallest absolute Gasteiger partial charge is 0.363 e. The lowest BCUT2D eigenvalue weighted by Gasteiger charge is -2.06. The highest BCUT2D eigenvalue weighted by Gasteiger charge is 2.20. The summed E-state index contributed by atoms with van der Waals surface area (Å²) in [6.45, 7) is -0.331. The quantitative estimate of drug-likeness (QED) is 0.734. The number of rotatable bonds is 4. The van der Waals surface area contributed by atoms with Crippen molar-refractivity contribution in [1.29, 1.82) is 0 Å². The molecular formula is C16H12ClFN4O2. The van der Waals surface area contributed by atoms with E-state index in [4.69, 9.17) is 22.1 Å². The van der Waals surface area contributed by atoms with Gasteiger partial charge in [0.1, 0.15) is 12.4 Å². The minimum Gasteiger partial charge on any atom is -0.456 e. The standard InChI is InChI=1S/C16H12ClFN4O2/c17-12-7-4-8-13(18)11(12)9-24-16(23)14-15(19)21-22(20-14)10-5-2-1-3-6-10/h1-8H,9H2,(H2,19,21). The van der Waals surface area contributed by atoms with E-state index in [1.807, 2.05) is 6.07 Å². The van der Waals surface area contributed by atoms with Crippen molar-refractivity contribution in [3.05, 3.63) is 70.6 Å². The van der Waals surface area contributed by atoms with Crippen LogP contribution in [0.5, 0.6) is 0 Å². The molecule has 0 fully saturated rings. The normalized spacial score (nSPS) is 10.6. The van der Waals surface area contributed by atoms with Crippen LogP contribution in [0.1, 0.15) is 16.1 Å². The molecule has 0 spiro atoms. The second kappa shape index (κ2) is 6.67. The molecule has 0 aliphatic heterocycles. The Morgan fingerprint density at radius 3 is 2.62 bits per heavy atom. The predicted molar refractivity (Wildman–Crippen MR) is 86.3 cm³/mol. The first kappa shape index (κ1) is 15.9. The zero-order chi connectivity index (χ0) is 17.1. The number of anilines is 1. The number of benzene rings is 2. The van der Waals surface area contributed by atoms with Crippen molar-refractivity contribution >= 4 is 23.4 Å². The molecule has 6 nitrogen and oxygen atoms in total. The molecule has 0 saturated heterocycles. The van der Waals surface area contributed by atoms with Crippen LogP contribution in [0.15, 0.2) is 48.5 Å². The largest absolute Gasteiger partial charge is 0.456 e. The van der Waals surface area contributed by atoms with E-state index in [0.717, 1.165) is 0 Å². The van der Waals surface area contributed by atoms with Gasteiger partial charge in [-0.05, 0) is 24.3 Å². The van der Waals surface area contributed by atoms with Crippen LogP contribution >= 0.6 is 11.6 Å². The number of esters is 1. The van der Waals surface area contributed by atoms with Crippen molar-refractivity contribution in [3.8, 4) is 5.69 Å². The molecule has 3 rings (SSSR count). The van der Waals surface area contributed by atoms with Gasteiger partial charge in [-0.25, -0.2) is 9.18 Å². The predicted octanol–water partition coefficient (Wildman–Crippen LogP) is 3.00. The van der Waals surface area contributed by atoms with Crippen LogP contribution in [0.2, 0.25) is 5.02 Å². The van der Waals surface area contributed by atoms with Crippen molar-refractivity contribution in [1.82, 2.24) is 15.0 Å². The first-order valence-electron chi connectivity index (χ1n) is 6.94. The summed E-state index contributed by atoms with van der Waals surface area (Å²) >= 11 is 5.89. The Kier molecular flexibility index (Phi) is 4.43. The van der Waals surface area contributed by atoms with Gasteiger partial charge in [0.25, 0.3) is 0 Å². The van der Waals surface area contributed by atoms with Crippen molar-refractivity contribution < 1.29 is 13.9 Å². The first-order valence-corrected chi connectivity index (χ1v) is 7.32. The van der Waals surface area contributed by atoms with Crippen LogP contribution in [0.4, 0.5) is 10.2 Å². The molecule has 0 bridgehead atoms. The van der Waals surface area contributed by atoms with Gasteiger partial charge < -0.3 is 10.5 Å². The minimum absolute atomic E-state index is 0.0801. The summed E-state index contributed by atoms with van der Waals surface area (Å²) in [4.78, 5) is 13.3. The fraction of sp³-hybridized carbons (Fsp3) is 0.0625. The average molecular weight is 347 g/mol. The van der Waals surface area contributed by atoms with Gasteiger partial charge in [-0.2, -0.15) is 0 Å². The van der Waals surface area contributed by atoms with E-state index in [-0.39, 0.29) is 28.7 Å². The van der Waals surface area contributed by atoms with Crippen molar-refractivity contribution in [3.63, 3.8) is 0 Å². The van der Waals surface area contributed by atoms with Gasteiger partial charge in [0.2, 0.25) is 5.69 Å². The Labute approximate surface area is 141 Å². The van der Waals surface area contributed by atoms with Gasteiger partial charge in [-0.15, -0.1) is 15.0 Å². The summed E-state index contributed by atoms with van der Waals surface area (Å²) in [5.74, 6) is -1.45. The summed E-state index contributed by atoms with van der Waals surface area (Å²) in [6, 6.07) is 13.2. The molecule has 24 heavy (non-hydrogen) atoms. The molecule has 0 atom stereocenters. The maximum Gasteiger partial charge on any atom is 0.363 e. The SMILES string of the molecule is Nc1nn(-c2ccccc2)nc1C(=O)OCc1c(F)cccc1Cl. The van der Waals surface area contributed by atoms with Gasteiger partial charge >= 0.3 is 5.97 Å². The van der Waals surface area contributed by atoms with E-state index in [1.165, 1.54) is 23.0 Å². The lowest BCUT2D eigenvalue weighted by atomic mass is 10.2. The molecule has 122 valence electrons. The van der Waals surface area contributed by atoms with Gasteiger partial charge in [0.05, 0.1) is 10.7 Å². The first-order chi connectivity index (χ1) is 11.6. The van der Waals surface area contributed by atoms with E-state index in [1.54, 1.807) is 24.3 Å². The number of nitrogens with two attached hydrogens (primary N) is 1. The molecule has 0 radical (unpaired) electrons. The summed E-state index contributed by atoms with van der Waals surface area (Å²) in [6.07, 6.45) is 0. The summed E-state index contributed by atoms with van der Waals surface area (Å²) in [7, 11) is 0. The third-order valence-electron chi connectivity index (χ3n) is 3.23. The Morgan fingerprint density at radius 2 is 1.92 bits per heavy atom. The number of carbonyl (C=O) groups excluding carboxylic acids is 1. The van der Waals surface area contributed by atoms with E-state index in [9.17, 15) is 9.18 Å². The molecule has 0 saturated carbocycles. The summed E-state index contributed by atoms with van der Waals surface area (Å²) < 4.78 is 18.7. The molecule has 8 heteroatoms. The topological polar surface area (TPSA) is 83.0 Å². The van der Waals surface area contributed by atoms with Crippen LogP contribution < -0.4 is 5.73 Å². The number of nitrogens with zero attached hydrogens (tertiary/aromatic N) is 3. The van der Waals surface area contributed by atoms with Gasteiger partial charge in [0, 0.05) is 5.56 Å². The second-order valence-corrected chi connectivity index (χ2v) is 5.24. The number of hydrogen-bond donors (Lipinski definition) is 1. The molecule has 0 aliphatic carbocycles. The highest BCUT2D eigenvalue weighted by Crippen LogP contribution is 2.20. The van der Waals surface area contributed by atoms with Crippen molar-refractivity contribution in [2.24, 2.45) is 0 Å². The molecule has 0 amide bonds. The van der Waals surface area contributed by atoms with Gasteiger partial charge in [-0.3, -0.25) is 0 Å². The third-order valence-corrected chi connectivity index (χ3v) is 3.58. The number of nitrogen functional groups attached to an aromatic ring is 1. The fourth-order valence-electron chi connectivity index (χ4n) is 2.02. The lowest BCUT2D eigenvalue weighted by Crippen LogP contribution is -2.10. The molecule has 2 aromatic carbocycles. The Hall–Kier alpha value is -2.93. The number of para-hydroxylation sites is 1. The zero-order valence-corrected chi connectivity index (χ0v) is 13.1. The highest BCUT2D eigenvalue weighted by molar-refractivity contribution is 6.31. The molecule has 0 aliphatic rings. The minimum atomic E-state index is -0.811. The van der Waals surface area contributed by atoms with Crippen LogP contribution in [0, 0.1) is 5.82 Å². The number of ether oxygens (including phenoxy) is 1. The molecule has 0 unspecified atom stereocenters. The van der Waals surface area contributed by atoms with Crippen LogP contribution in [0.25, 0.3) is 5.69 Å². The van der Waals surface area contributed by atoms with E-state index >= 15 is 0 Å². The molecule has 2 N–H and O–H groups in total. The monoisotopic (exact) mass is 346 g/mol. The van der Waals surface area contributed by atoms with Crippen LogP contribution in [0.3, 0.4) is 0 Å². The summed E-state index contributed by atoms with van der Waals surface area (Å²) in [5, 5.41) is 8.16. The van der Waals surface area contributed by atoms with E-state index in [0.29, 0.717) is 5.69 Å². The molecular weight excluding hydrogens is 335 g/mol. The second-order valence-electron chi connectivity index (χ2n) is 4.84. The number of halogens is 2. The van der Waals surface area contributed by atoms with Crippen molar-refractivity contribution in [2.75, 3.05) is 5.73 Å². The Morgan fingerprint density at radius 1 is 1.17 bits per heavy atom. The Balaban J connectivity index is 1.77. The third kappa shape index (κ3) is 3.21. The van der Waals surface area contributed by atoms with Crippen molar-refractivity contribution in [2.45, 2.75) is 6.61 Å². The van der Waals surface area contributed by atoms with E-state index < -0.39 is 11.8 Å². The number of hydrogen-bond acceptors (Lipinski definition) is 5. The average Bonchev–Trinajstić information content (AvgIpc) is 2.97. The van der Waals surface area contributed by atoms with Crippen LogP contribution in [-0.2, 0) is 11.3 Å². The Bertz CT molecular complexity index is 863. The highest BCUT2D eigenvalue weighted by atomic mass is 35.5. The number of aromatic nitrogens is 3. The van der Waals surface area contributed by atoms with Gasteiger partial charge in [-0.1, -0.05) is 35.9 Å². The molecule has 3 aromatic rings. The maximum atomic E-state index is 13.7.